The molecule has 0 bridgehead atoms. The van der Waals surface area contributed by atoms with Gasteiger partial charge in [0, 0.05) is 19.1 Å². The molecule has 0 aromatic carbocycles. The van der Waals surface area contributed by atoms with Crippen molar-refractivity contribution < 1.29 is 19.1 Å². The van der Waals surface area contributed by atoms with E-state index < -0.39 is 11.7 Å². The Morgan fingerprint density at radius 3 is 2.22 bits per heavy atom. The molecule has 0 unspecified atom stereocenters. The van der Waals surface area contributed by atoms with Crippen LogP contribution < -0.4 is 5.32 Å². The first-order chi connectivity index (χ1) is 8.31. The molecular formula is C12H22N2O4. The Kier molecular flexibility index (Phi) is 4.81. The molecule has 6 nitrogen and oxygen atoms in total. The third kappa shape index (κ3) is 4.81. The fraction of sp³-hybridized carbons (Fsp3) is 0.833. The molecule has 1 rings (SSSR count). The largest absolute Gasteiger partial charge is 0.453 e. The molecule has 1 heterocycles. The number of carbonyl (C=O) groups is 2. The molecule has 1 saturated heterocycles. The summed E-state index contributed by atoms with van der Waals surface area (Å²) in [6.45, 7) is 6.66. The van der Waals surface area contributed by atoms with Crippen LogP contribution in [0.2, 0.25) is 0 Å². The summed E-state index contributed by atoms with van der Waals surface area (Å²) < 4.78 is 9.83. The smallest absolute Gasteiger partial charge is 0.409 e. The lowest BCUT2D eigenvalue weighted by Crippen LogP contribution is -2.47. The van der Waals surface area contributed by atoms with Gasteiger partial charge in [-0.3, -0.25) is 0 Å². The third-order valence-corrected chi connectivity index (χ3v) is 2.65. The third-order valence-electron chi connectivity index (χ3n) is 2.65. The SMILES string of the molecule is COC(=O)N1CCC(NC(=O)OC(C)(C)C)CC1. The number of alkyl carbamates (subject to hydrolysis) is 1. The van der Waals surface area contributed by atoms with Crippen molar-refractivity contribution in [2.75, 3.05) is 20.2 Å². The van der Waals surface area contributed by atoms with Crippen molar-refractivity contribution in [1.29, 1.82) is 0 Å². The summed E-state index contributed by atoms with van der Waals surface area (Å²) >= 11 is 0. The van der Waals surface area contributed by atoms with Gasteiger partial charge in [-0.25, -0.2) is 9.59 Å². The van der Waals surface area contributed by atoms with E-state index in [1.807, 2.05) is 20.8 Å². The quantitative estimate of drug-likeness (QED) is 0.778. The highest BCUT2D eigenvalue weighted by molar-refractivity contribution is 5.69. The lowest BCUT2D eigenvalue weighted by atomic mass is 10.1. The number of hydrogen-bond donors (Lipinski definition) is 1. The van der Waals surface area contributed by atoms with Gasteiger partial charge in [-0.1, -0.05) is 0 Å². The normalized spacial score (nSPS) is 17.2. The first-order valence-corrected chi connectivity index (χ1v) is 6.14. The molecule has 1 fully saturated rings. The molecule has 0 atom stereocenters. The fourth-order valence-corrected chi connectivity index (χ4v) is 1.81. The van der Waals surface area contributed by atoms with Gasteiger partial charge in [0.05, 0.1) is 7.11 Å². The molecule has 2 amide bonds. The number of nitrogens with one attached hydrogen (secondary N) is 1. The van der Waals surface area contributed by atoms with Gasteiger partial charge in [0.2, 0.25) is 0 Å². The summed E-state index contributed by atoms with van der Waals surface area (Å²) in [5.74, 6) is 0. The highest BCUT2D eigenvalue weighted by Crippen LogP contribution is 2.13. The van der Waals surface area contributed by atoms with Gasteiger partial charge in [0.1, 0.15) is 5.60 Å². The molecule has 0 radical (unpaired) electrons. The van der Waals surface area contributed by atoms with E-state index in [1.54, 1.807) is 4.90 Å². The van der Waals surface area contributed by atoms with Crippen molar-refractivity contribution in [1.82, 2.24) is 10.2 Å². The zero-order valence-electron chi connectivity index (χ0n) is 11.5. The number of likely N-dealkylation sites (tertiary alicyclic amines) is 1. The van der Waals surface area contributed by atoms with Crippen LogP contribution in [0.25, 0.3) is 0 Å². The van der Waals surface area contributed by atoms with Crippen LogP contribution in [0, 0.1) is 0 Å². The van der Waals surface area contributed by atoms with E-state index in [4.69, 9.17) is 4.74 Å². The Hall–Kier alpha value is -1.46. The van der Waals surface area contributed by atoms with E-state index in [0.29, 0.717) is 25.9 Å². The van der Waals surface area contributed by atoms with Gasteiger partial charge in [0.25, 0.3) is 0 Å². The average molecular weight is 258 g/mol. The van der Waals surface area contributed by atoms with Crippen LogP contribution in [0.1, 0.15) is 33.6 Å². The summed E-state index contributed by atoms with van der Waals surface area (Å²) in [6, 6.07) is 0.0563. The van der Waals surface area contributed by atoms with Gasteiger partial charge in [-0.15, -0.1) is 0 Å². The molecule has 0 aliphatic carbocycles. The minimum atomic E-state index is -0.489. The summed E-state index contributed by atoms with van der Waals surface area (Å²) in [7, 11) is 1.37. The molecule has 1 aliphatic rings. The first-order valence-electron chi connectivity index (χ1n) is 6.14. The van der Waals surface area contributed by atoms with E-state index in [9.17, 15) is 9.59 Å². The molecule has 6 heteroatoms. The van der Waals surface area contributed by atoms with Crippen molar-refractivity contribution in [3.63, 3.8) is 0 Å². The molecule has 0 aromatic rings. The van der Waals surface area contributed by atoms with Gasteiger partial charge in [-0.2, -0.15) is 0 Å². The van der Waals surface area contributed by atoms with E-state index in [2.05, 4.69) is 10.1 Å². The summed E-state index contributed by atoms with van der Waals surface area (Å²) in [5, 5.41) is 2.81. The first kappa shape index (κ1) is 14.6. The molecule has 1 aliphatic heterocycles. The van der Waals surface area contributed by atoms with Crippen molar-refractivity contribution in [3.05, 3.63) is 0 Å². The van der Waals surface area contributed by atoms with Crippen LogP contribution in [0.4, 0.5) is 9.59 Å². The second-order valence-corrected chi connectivity index (χ2v) is 5.38. The molecular weight excluding hydrogens is 236 g/mol. The molecule has 1 N–H and O–H groups in total. The number of nitrogens with zero attached hydrogens (tertiary/aromatic N) is 1. The summed E-state index contributed by atoms with van der Waals surface area (Å²) in [4.78, 5) is 24.5. The van der Waals surface area contributed by atoms with Gasteiger partial charge < -0.3 is 19.7 Å². The maximum Gasteiger partial charge on any atom is 0.409 e. The number of amides is 2. The highest BCUT2D eigenvalue weighted by Gasteiger charge is 2.25. The van der Waals surface area contributed by atoms with Crippen LogP contribution in [0.5, 0.6) is 0 Å². The van der Waals surface area contributed by atoms with E-state index in [-0.39, 0.29) is 12.1 Å². The van der Waals surface area contributed by atoms with Crippen LogP contribution >= 0.6 is 0 Å². The van der Waals surface area contributed by atoms with Crippen LogP contribution in [-0.2, 0) is 9.47 Å². The van der Waals surface area contributed by atoms with E-state index in [0.717, 1.165) is 0 Å². The Labute approximate surface area is 108 Å². The number of piperidine rings is 1. The Bertz CT molecular complexity index is 304. The molecule has 0 spiro atoms. The average Bonchev–Trinajstić information content (AvgIpc) is 2.26. The Balaban J connectivity index is 2.31. The van der Waals surface area contributed by atoms with Crippen molar-refractivity contribution in [2.24, 2.45) is 0 Å². The monoisotopic (exact) mass is 258 g/mol. The van der Waals surface area contributed by atoms with Crippen molar-refractivity contribution in [3.8, 4) is 0 Å². The number of rotatable bonds is 1. The molecule has 0 aromatic heterocycles. The number of carbonyl (C=O) groups excluding carboxylic acids is 2. The van der Waals surface area contributed by atoms with Gasteiger partial charge in [0.15, 0.2) is 0 Å². The Morgan fingerprint density at radius 1 is 1.22 bits per heavy atom. The van der Waals surface area contributed by atoms with Crippen LogP contribution in [-0.4, -0.2) is 48.9 Å². The molecule has 18 heavy (non-hydrogen) atoms. The number of ether oxygens (including phenoxy) is 2. The molecule has 0 saturated carbocycles. The molecule has 104 valence electrons. The standard InChI is InChI=1S/C12H22N2O4/c1-12(2,3)18-10(15)13-9-5-7-14(8-6-9)11(16)17-4/h9H,5-8H2,1-4H3,(H,13,15). The van der Waals surface area contributed by atoms with E-state index in [1.165, 1.54) is 7.11 Å². The lowest BCUT2D eigenvalue weighted by Gasteiger charge is -2.31. The van der Waals surface area contributed by atoms with Crippen LogP contribution in [0.15, 0.2) is 0 Å². The second kappa shape index (κ2) is 5.93. The topological polar surface area (TPSA) is 67.9 Å². The Morgan fingerprint density at radius 2 is 1.78 bits per heavy atom. The second-order valence-electron chi connectivity index (χ2n) is 5.38. The fourth-order valence-electron chi connectivity index (χ4n) is 1.81. The minimum Gasteiger partial charge on any atom is -0.453 e. The van der Waals surface area contributed by atoms with Crippen molar-refractivity contribution in [2.45, 2.75) is 45.3 Å². The summed E-state index contributed by atoms with van der Waals surface area (Å²) in [6.07, 6.45) is 0.715. The van der Waals surface area contributed by atoms with Gasteiger partial charge >= 0.3 is 12.2 Å². The zero-order valence-corrected chi connectivity index (χ0v) is 11.5. The maximum absolute atomic E-state index is 11.6. The van der Waals surface area contributed by atoms with E-state index >= 15 is 0 Å². The predicted molar refractivity (Wildman–Crippen MR) is 66.4 cm³/mol. The predicted octanol–water partition coefficient (Wildman–Crippen LogP) is 1.74. The van der Waals surface area contributed by atoms with Gasteiger partial charge in [-0.05, 0) is 33.6 Å². The lowest BCUT2D eigenvalue weighted by molar-refractivity contribution is 0.0478. The van der Waals surface area contributed by atoms with Crippen LogP contribution in [0.3, 0.4) is 0 Å². The number of hydrogen-bond acceptors (Lipinski definition) is 4. The maximum atomic E-state index is 11.6. The summed E-state index contributed by atoms with van der Waals surface area (Å²) in [5.41, 5.74) is -0.489. The number of methoxy groups -OCH3 is 1. The zero-order chi connectivity index (χ0) is 13.8. The van der Waals surface area contributed by atoms with Crippen molar-refractivity contribution >= 4 is 12.2 Å². The minimum absolute atomic E-state index is 0.0563. The highest BCUT2D eigenvalue weighted by atomic mass is 16.6.